The molecule has 0 aromatic rings. The Labute approximate surface area is 72.0 Å². The lowest BCUT2D eigenvalue weighted by Gasteiger charge is -2.13. The number of carbonyl (C=O) groups excluding carboxylic acids is 2. The highest BCUT2D eigenvalue weighted by atomic mass is 16.1. The van der Waals surface area contributed by atoms with Crippen LogP contribution in [0.25, 0.3) is 0 Å². The third-order valence-corrected chi connectivity index (χ3v) is 2.00. The van der Waals surface area contributed by atoms with Crippen LogP contribution in [0.3, 0.4) is 0 Å². The minimum absolute atomic E-state index is 0.0589. The van der Waals surface area contributed by atoms with Gasteiger partial charge >= 0.3 is 0 Å². The second kappa shape index (κ2) is 4.00. The van der Waals surface area contributed by atoms with Gasteiger partial charge in [-0.25, -0.2) is 0 Å². The van der Waals surface area contributed by atoms with Crippen LogP contribution in [0.1, 0.15) is 19.3 Å². The highest BCUT2D eigenvalue weighted by Crippen LogP contribution is 2.18. The van der Waals surface area contributed by atoms with Crippen molar-refractivity contribution in [2.24, 2.45) is 5.92 Å². The van der Waals surface area contributed by atoms with E-state index in [9.17, 15) is 9.59 Å². The maximum absolute atomic E-state index is 11.2. The van der Waals surface area contributed by atoms with Crippen molar-refractivity contribution in [1.82, 2.24) is 0 Å². The first-order valence-electron chi connectivity index (χ1n) is 4.09. The van der Waals surface area contributed by atoms with Crippen molar-refractivity contribution in [3.05, 3.63) is 24.8 Å². The van der Waals surface area contributed by atoms with Crippen LogP contribution in [-0.2, 0) is 9.59 Å². The fourth-order valence-corrected chi connectivity index (χ4v) is 1.29. The van der Waals surface area contributed by atoms with Gasteiger partial charge in [0.25, 0.3) is 0 Å². The second-order valence-corrected chi connectivity index (χ2v) is 2.97. The topological polar surface area (TPSA) is 34.1 Å². The van der Waals surface area contributed by atoms with E-state index in [1.165, 1.54) is 12.2 Å². The summed E-state index contributed by atoms with van der Waals surface area (Å²) in [6.45, 7) is 3.57. The Balaban J connectivity index is 2.53. The Morgan fingerprint density at radius 2 is 2.25 bits per heavy atom. The summed E-state index contributed by atoms with van der Waals surface area (Å²) >= 11 is 0. The van der Waals surface area contributed by atoms with E-state index in [1.807, 2.05) is 0 Å². The highest BCUT2D eigenvalue weighted by molar-refractivity contribution is 6.05. The molecule has 0 N–H and O–H groups in total. The van der Waals surface area contributed by atoms with Crippen molar-refractivity contribution in [3.63, 3.8) is 0 Å². The fraction of sp³-hybridized carbons (Fsp3) is 0.400. The summed E-state index contributed by atoms with van der Waals surface area (Å²) < 4.78 is 0. The molecule has 1 aliphatic rings. The Hall–Kier alpha value is -1.18. The molecule has 2 heteroatoms. The SMILES string of the molecule is C=CCCC1CC(=O)C=CC1=O. The average molecular weight is 164 g/mol. The van der Waals surface area contributed by atoms with E-state index < -0.39 is 0 Å². The normalized spacial score (nSPS) is 22.8. The standard InChI is InChI=1S/C10H12O2/c1-2-3-4-8-7-9(11)5-6-10(8)12/h2,5-6,8H,1,3-4,7H2. The maximum Gasteiger partial charge on any atom is 0.159 e. The molecule has 0 bridgehead atoms. The first-order chi connectivity index (χ1) is 5.74. The van der Waals surface area contributed by atoms with Crippen LogP contribution in [0, 0.1) is 5.92 Å². The second-order valence-electron chi connectivity index (χ2n) is 2.97. The predicted octanol–water partition coefficient (Wildman–Crippen LogP) is 1.67. The van der Waals surface area contributed by atoms with Crippen molar-refractivity contribution in [1.29, 1.82) is 0 Å². The zero-order valence-electron chi connectivity index (χ0n) is 6.95. The molecule has 0 spiro atoms. The van der Waals surface area contributed by atoms with Crippen LogP contribution >= 0.6 is 0 Å². The van der Waals surface area contributed by atoms with Crippen molar-refractivity contribution in [2.75, 3.05) is 0 Å². The van der Waals surface area contributed by atoms with E-state index in [-0.39, 0.29) is 17.5 Å². The largest absolute Gasteiger partial charge is 0.295 e. The van der Waals surface area contributed by atoms with Crippen molar-refractivity contribution < 1.29 is 9.59 Å². The maximum atomic E-state index is 11.2. The number of hydrogen-bond acceptors (Lipinski definition) is 2. The highest BCUT2D eigenvalue weighted by Gasteiger charge is 2.21. The quantitative estimate of drug-likeness (QED) is 0.594. The number of ketones is 2. The number of rotatable bonds is 3. The minimum Gasteiger partial charge on any atom is -0.295 e. The van der Waals surface area contributed by atoms with Crippen LogP contribution in [0.2, 0.25) is 0 Å². The molecule has 0 saturated carbocycles. The number of allylic oxidation sites excluding steroid dienone is 3. The molecule has 2 nitrogen and oxygen atoms in total. The van der Waals surface area contributed by atoms with Crippen LogP contribution in [0.4, 0.5) is 0 Å². The third kappa shape index (κ3) is 2.16. The predicted molar refractivity (Wildman–Crippen MR) is 46.7 cm³/mol. The van der Waals surface area contributed by atoms with E-state index in [0.29, 0.717) is 6.42 Å². The van der Waals surface area contributed by atoms with Gasteiger partial charge in [-0.05, 0) is 25.0 Å². The summed E-state index contributed by atoms with van der Waals surface area (Å²) in [5.41, 5.74) is 0. The van der Waals surface area contributed by atoms with Gasteiger partial charge in [-0.3, -0.25) is 9.59 Å². The van der Waals surface area contributed by atoms with E-state index in [1.54, 1.807) is 6.08 Å². The molecule has 0 aromatic carbocycles. The molecular formula is C10H12O2. The molecule has 12 heavy (non-hydrogen) atoms. The smallest absolute Gasteiger partial charge is 0.159 e. The van der Waals surface area contributed by atoms with Crippen LogP contribution in [0.15, 0.2) is 24.8 Å². The Morgan fingerprint density at radius 3 is 2.92 bits per heavy atom. The molecule has 1 atom stereocenters. The Kier molecular flexibility index (Phi) is 2.97. The van der Waals surface area contributed by atoms with Crippen LogP contribution < -0.4 is 0 Å². The van der Waals surface area contributed by atoms with Crippen molar-refractivity contribution in [3.8, 4) is 0 Å². The van der Waals surface area contributed by atoms with Gasteiger partial charge in [-0.15, -0.1) is 6.58 Å². The van der Waals surface area contributed by atoms with Gasteiger partial charge in [0, 0.05) is 12.3 Å². The lowest BCUT2D eigenvalue weighted by molar-refractivity contribution is -0.124. The average Bonchev–Trinajstić information content (AvgIpc) is 2.07. The summed E-state index contributed by atoms with van der Waals surface area (Å²) in [7, 11) is 0. The van der Waals surface area contributed by atoms with Gasteiger partial charge < -0.3 is 0 Å². The molecule has 0 aromatic heterocycles. The summed E-state index contributed by atoms with van der Waals surface area (Å²) in [4.78, 5) is 22.1. The lowest BCUT2D eigenvalue weighted by atomic mass is 9.88. The molecule has 0 heterocycles. The van der Waals surface area contributed by atoms with Crippen LogP contribution in [-0.4, -0.2) is 11.6 Å². The van der Waals surface area contributed by atoms with Crippen molar-refractivity contribution >= 4 is 11.6 Å². The van der Waals surface area contributed by atoms with Crippen molar-refractivity contribution in [2.45, 2.75) is 19.3 Å². The zero-order valence-corrected chi connectivity index (χ0v) is 6.95. The molecule has 0 radical (unpaired) electrons. The Morgan fingerprint density at radius 1 is 1.50 bits per heavy atom. The van der Waals surface area contributed by atoms with E-state index in [4.69, 9.17) is 0 Å². The first-order valence-corrected chi connectivity index (χ1v) is 4.09. The monoisotopic (exact) mass is 164 g/mol. The van der Waals surface area contributed by atoms with Gasteiger partial charge in [0.15, 0.2) is 11.6 Å². The summed E-state index contributed by atoms with van der Waals surface area (Å²) in [5, 5.41) is 0. The molecule has 64 valence electrons. The van der Waals surface area contributed by atoms with Gasteiger partial charge in [-0.1, -0.05) is 6.08 Å². The molecule has 1 aliphatic carbocycles. The molecule has 1 unspecified atom stereocenters. The van der Waals surface area contributed by atoms with Crippen LogP contribution in [0.5, 0.6) is 0 Å². The minimum atomic E-state index is -0.0968. The Bertz CT molecular complexity index is 238. The first kappa shape index (κ1) is 8.91. The lowest BCUT2D eigenvalue weighted by Crippen LogP contribution is -2.20. The molecule has 0 amide bonds. The zero-order chi connectivity index (χ0) is 8.97. The summed E-state index contributed by atoms with van der Waals surface area (Å²) in [5.74, 6) is 0.0422. The van der Waals surface area contributed by atoms with E-state index in [2.05, 4.69) is 6.58 Å². The van der Waals surface area contributed by atoms with Gasteiger partial charge in [0.1, 0.15) is 0 Å². The summed E-state index contributed by atoms with van der Waals surface area (Å²) in [6.07, 6.45) is 6.46. The molecule has 0 aliphatic heterocycles. The number of hydrogen-bond donors (Lipinski definition) is 0. The summed E-state index contributed by atoms with van der Waals surface area (Å²) in [6, 6.07) is 0. The van der Waals surface area contributed by atoms with E-state index in [0.717, 1.165) is 12.8 Å². The van der Waals surface area contributed by atoms with Gasteiger partial charge in [0.2, 0.25) is 0 Å². The fourth-order valence-electron chi connectivity index (χ4n) is 1.29. The molecule has 1 rings (SSSR count). The molecule has 0 saturated heterocycles. The third-order valence-electron chi connectivity index (χ3n) is 2.00. The molecule has 0 fully saturated rings. The van der Waals surface area contributed by atoms with Gasteiger partial charge in [0.05, 0.1) is 0 Å². The number of carbonyl (C=O) groups is 2. The van der Waals surface area contributed by atoms with Gasteiger partial charge in [-0.2, -0.15) is 0 Å². The van der Waals surface area contributed by atoms with E-state index >= 15 is 0 Å². The molecular weight excluding hydrogens is 152 g/mol.